The molecule has 0 bridgehead atoms. The summed E-state index contributed by atoms with van der Waals surface area (Å²) in [5.74, 6) is 0.389. The Balaban J connectivity index is 1.60. The Bertz CT molecular complexity index is 1300. The Morgan fingerprint density at radius 2 is 1.69 bits per heavy atom. The third-order valence-electron chi connectivity index (χ3n) is 4.89. The number of para-hydroxylation sites is 3. The molecule has 0 atom stereocenters. The van der Waals surface area contributed by atoms with Crippen LogP contribution in [-0.4, -0.2) is 29.3 Å². The number of hydrogen-bond acceptors (Lipinski definition) is 5. The molecule has 1 amide bonds. The van der Waals surface area contributed by atoms with Crippen LogP contribution < -0.4 is 9.47 Å². The number of carbonyl (C=O) groups is 1. The summed E-state index contributed by atoms with van der Waals surface area (Å²) in [6.07, 6.45) is 0. The van der Waals surface area contributed by atoms with Crippen LogP contribution in [0.15, 0.2) is 83.0 Å². The average Bonchev–Trinajstić information content (AvgIpc) is 3.08. The van der Waals surface area contributed by atoms with Gasteiger partial charge in [-0.2, -0.15) is 0 Å². The lowest BCUT2D eigenvalue weighted by Crippen LogP contribution is -2.08. The molecule has 0 radical (unpaired) electrons. The summed E-state index contributed by atoms with van der Waals surface area (Å²) in [5.41, 5.74) is 1.85. The molecule has 4 rings (SSSR count). The summed E-state index contributed by atoms with van der Waals surface area (Å²) in [5, 5.41) is 19.7. The molecule has 3 aromatic carbocycles. The molecule has 1 heterocycles. The van der Waals surface area contributed by atoms with Crippen LogP contribution in [0.5, 0.6) is 17.4 Å². The second-order valence-electron chi connectivity index (χ2n) is 6.90. The quantitative estimate of drug-likeness (QED) is 0.364. The van der Waals surface area contributed by atoms with Crippen molar-refractivity contribution in [1.82, 2.24) is 4.57 Å². The van der Waals surface area contributed by atoms with E-state index in [4.69, 9.17) is 21.1 Å². The molecule has 32 heavy (non-hydrogen) atoms. The lowest BCUT2D eigenvalue weighted by molar-refractivity contribution is -0.120. The Morgan fingerprint density at radius 3 is 2.47 bits per heavy atom. The van der Waals surface area contributed by atoms with Crippen LogP contribution in [0, 0.1) is 0 Å². The van der Waals surface area contributed by atoms with Gasteiger partial charge in [-0.25, -0.2) is 0 Å². The Morgan fingerprint density at radius 1 is 1.00 bits per heavy atom. The molecule has 0 aliphatic rings. The first kappa shape index (κ1) is 21.4. The average molecular weight is 450 g/mol. The zero-order valence-electron chi connectivity index (χ0n) is 17.2. The number of aromatic hydroxyl groups is 1. The fourth-order valence-corrected chi connectivity index (χ4v) is 3.56. The minimum Gasteiger partial charge on any atom is -0.496 e. The van der Waals surface area contributed by atoms with Gasteiger partial charge < -0.3 is 19.1 Å². The molecule has 0 saturated carbocycles. The highest BCUT2D eigenvalue weighted by Crippen LogP contribution is 2.39. The first-order valence-electron chi connectivity index (χ1n) is 9.82. The number of methoxy groups -OCH3 is 1. The number of aromatic nitrogens is 1. The van der Waals surface area contributed by atoms with Crippen LogP contribution in [-0.2, 0) is 11.3 Å². The van der Waals surface area contributed by atoms with Crippen LogP contribution in [0.4, 0.5) is 5.69 Å². The van der Waals surface area contributed by atoms with Crippen LogP contribution in [0.2, 0.25) is 5.02 Å². The van der Waals surface area contributed by atoms with Crippen molar-refractivity contribution < 1.29 is 19.4 Å². The molecule has 0 aliphatic heterocycles. The number of benzene rings is 3. The summed E-state index contributed by atoms with van der Waals surface area (Å²) in [4.78, 5) is 12.2. The topological polar surface area (TPSA) is 85.4 Å². The summed E-state index contributed by atoms with van der Waals surface area (Å²) in [6, 6.07) is 21.8. The minimum atomic E-state index is -0.606. The molecule has 8 heteroatoms. The maximum atomic E-state index is 12.2. The molecule has 0 spiro atoms. The molecule has 4 aromatic rings. The van der Waals surface area contributed by atoms with Crippen molar-refractivity contribution in [3.05, 3.63) is 83.4 Å². The number of rotatable bonds is 7. The second-order valence-corrected chi connectivity index (χ2v) is 7.31. The van der Waals surface area contributed by atoms with Gasteiger partial charge >= 0.3 is 5.91 Å². The van der Waals surface area contributed by atoms with Crippen molar-refractivity contribution in [3.8, 4) is 17.4 Å². The van der Waals surface area contributed by atoms with Gasteiger partial charge in [-0.3, -0.25) is 4.79 Å². The SMILES string of the molecule is COc1ccccc1Cn1c(O)c(N=NC(=O)COc2ccccc2Cl)c2ccccc21. The first-order chi connectivity index (χ1) is 15.6. The zero-order valence-corrected chi connectivity index (χ0v) is 18.0. The fourth-order valence-electron chi connectivity index (χ4n) is 3.37. The number of hydrogen-bond donors (Lipinski definition) is 1. The molecule has 7 nitrogen and oxygen atoms in total. The monoisotopic (exact) mass is 449 g/mol. The third-order valence-corrected chi connectivity index (χ3v) is 5.20. The Hall–Kier alpha value is -3.84. The van der Waals surface area contributed by atoms with Gasteiger partial charge in [-0.05, 0) is 24.3 Å². The summed E-state index contributed by atoms with van der Waals surface area (Å²) < 4.78 is 12.5. The lowest BCUT2D eigenvalue weighted by Gasteiger charge is -2.11. The van der Waals surface area contributed by atoms with Crippen molar-refractivity contribution >= 4 is 34.1 Å². The second kappa shape index (κ2) is 9.53. The van der Waals surface area contributed by atoms with E-state index in [1.807, 2.05) is 48.5 Å². The van der Waals surface area contributed by atoms with Gasteiger partial charge in [-0.1, -0.05) is 60.1 Å². The van der Waals surface area contributed by atoms with Gasteiger partial charge in [0, 0.05) is 10.9 Å². The minimum absolute atomic E-state index is 0.0966. The fraction of sp³-hybridized carbons (Fsp3) is 0.125. The maximum absolute atomic E-state index is 12.2. The van der Waals surface area contributed by atoms with Crippen molar-refractivity contribution in [2.45, 2.75) is 6.54 Å². The molecule has 0 saturated heterocycles. The van der Waals surface area contributed by atoms with E-state index in [2.05, 4.69) is 10.2 Å². The predicted octanol–water partition coefficient (Wildman–Crippen LogP) is 5.75. The smallest absolute Gasteiger partial charge is 0.302 e. The summed E-state index contributed by atoms with van der Waals surface area (Å²) in [6.45, 7) is 0.0310. The van der Waals surface area contributed by atoms with E-state index in [9.17, 15) is 9.90 Å². The maximum Gasteiger partial charge on any atom is 0.302 e. The zero-order chi connectivity index (χ0) is 22.5. The normalized spacial score (nSPS) is 11.2. The predicted molar refractivity (Wildman–Crippen MR) is 122 cm³/mol. The Kier molecular flexibility index (Phi) is 6.37. The number of fused-ring (bicyclic) bond motifs is 1. The van der Waals surface area contributed by atoms with Gasteiger partial charge in [0.25, 0.3) is 0 Å². The molecule has 162 valence electrons. The number of amides is 1. The van der Waals surface area contributed by atoms with E-state index in [0.717, 1.165) is 11.1 Å². The molecular formula is C24H20ClN3O4. The van der Waals surface area contributed by atoms with Gasteiger partial charge in [-0.15, -0.1) is 10.2 Å². The number of azo groups is 1. The molecule has 0 unspecified atom stereocenters. The number of halogens is 1. The molecule has 1 aromatic heterocycles. The van der Waals surface area contributed by atoms with Gasteiger partial charge in [0.05, 0.1) is 24.2 Å². The first-order valence-corrected chi connectivity index (χ1v) is 10.2. The lowest BCUT2D eigenvalue weighted by atomic mass is 10.2. The largest absolute Gasteiger partial charge is 0.496 e. The number of carbonyl (C=O) groups excluding carboxylic acids is 1. The number of nitrogens with zero attached hydrogens (tertiary/aromatic N) is 3. The standard InChI is InChI=1S/C24H20ClN3O4/c1-31-20-12-6-2-8-16(20)14-28-19-11-5-3-9-17(19)23(24(28)30)27-26-22(29)15-32-21-13-7-4-10-18(21)25/h2-13,30H,14-15H2,1H3. The van der Waals surface area contributed by atoms with Crippen LogP contribution in [0.1, 0.15) is 5.56 Å². The van der Waals surface area contributed by atoms with E-state index in [1.165, 1.54) is 0 Å². The molecular weight excluding hydrogens is 430 g/mol. The van der Waals surface area contributed by atoms with Crippen LogP contribution in [0.25, 0.3) is 10.9 Å². The Labute approximate surface area is 189 Å². The van der Waals surface area contributed by atoms with Crippen molar-refractivity contribution in [1.29, 1.82) is 0 Å². The molecule has 1 N–H and O–H groups in total. The summed E-state index contributed by atoms with van der Waals surface area (Å²) >= 11 is 6.02. The summed E-state index contributed by atoms with van der Waals surface area (Å²) in [7, 11) is 1.60. The van der Waals surface area contributed by atoms with E-state index < -0.39 is 5.91 Å². The van der Waals surface area contributed by atoms with Crippen LogP contribution in [0.3, 0.4) is 0 Å². The van der Waals surface area contributed by atoms with Gasteiger partial charge in [0.2, 0.25) is 5.88 Å². The highest BCUT2D eigenvalue weighted by atomic mass is 35.5. The number of ether oxygens (including phenoxy) is 2. The van der Waals surface area contributed by atoms with Gasteiger partial charge in [0.15, 0.2) is 12.3 Å². The van der Waals surface area contributed by atoms with E-state index in [-0.39, 0.29) is 18.2 Å². The van der Waals surface area contributed by atoms with E-state index in [1.54, 1.807) is 35.9 Å². The van der Waals surface area contributed by atoms with Gasteiger partial charge in [0.1, 0.15) is 11.5 Å². The van der Waals surface area contributed by atoms with E-state index in [0.29, 0.717) is 28.5 Å². The third kappa shape index (κ3) is 4.43. The van der Waals surface area contributed by atoms with Crippen molar-refractivity contribution in [2.75, 3.05) is 13.7 Å². The molecule has 0 aliphatic carbocycles. The highest BCUT2D eigenvalue weighted by molar-refractivity contribution is 6.32. The van der Waals surface area contributed by atoms with Crippen molar-refractivity contribution in [2.24, 2.45) is 10.2 Å². The highest BCUT2D eigenvalue weighted by Gasteiger charge is 2.18. The molecule has 0 fully saturated rings. The van der Waals surface area contributed by atoms with Crippen LogP contribution >= 0.6 is 11.6 Å². The van der Waals surface area contributed by atoms with Crippen molar-refractivity contribution in [3.63, 3.8) is 0 Å². The van der Waals surface area contributed by atoms with E-state index >= 15 is 0 Å².